The van der Waals surface area contributed by atoms with Crippen LogP contribution in [0.4, 0.5) is 9.52 Å². The Morgan fingerprint density at radius 1 is 1.14 bits per heavy atom. The van der Waals surface area contributed by atoms with Crippen LogP contribution < -0.4 is 10.0 Å². The Labute approximate surface area is 170 Å². The number of benzene rings is 2. The number of aryl methyl sites for hydroxylation is 1. The smallest absolute Gasteiger partial charge is 0.263 e. The van der Waals surface area contributed by atoms with Crippen LogP contribution in [0.15, 0.2) is 53.4 Å². The van der Waals surface area contributed by atoms with Gasteiger partial charge in [0, 0.05) is 11.6 Å². The van der Waals surface area contributed by atoms with Crippen molar-refractivity contribution in [3.63, 3.8) is 0 Å². The number of carbonyl (C=O) groups is 1. The Hall–Kier alpha value is -2.49. The van der Waals surface area contributed by atoms with Gasteiger partial charge in [-0.1, -0.05) is 35.1 Å². The number of hydrogen-bond donors (Lipinski definition) is 2. The molecule has 1 heterocycles. The molecule has 1 aromatic heterocycles. The molecular formula is C18H15ClFN3O3S2. The zero-order valence-corrected chi connectivity index (χ0v) is 17.0. The van der Waals surface area contributed by atoms with Crippen molar-refractivity contribution < 1.29 is 17.6 Å². The highest BCUT2D eigenvalue weighted by Gasteiger charge is 2.20. The van der Waals surface area contributed by atoms with Crippen LogP contribution in [0, 0.1) is 12.7 Å². The zero-order valence-electron chi connectivity index (χ0n) is 14.6. The molecule has 3 rings (SSSR count). The fourth-order valence-electron chi connectivity index (χ4n) is 2.30. The number of nitrogens with one attached hydrogen (secondary N) is 2. The quantitative estimate of drug-likeness (QED) is 0.608. The predicted molar refractivity (Wildman–Crippen MR) is 107 cm³/mol. The number of halogens is 2. The molecule has 0 spiro atoms. The van der Waals surface area contributed by atoms with Crippen LogP contribution >= 0.6 is 22.9 Å². The Bertz CT molecular complexity index is 1100. The zero-order chi connectivity index (χ0) is 20.3. The summed E-state index contributed by atoms with van der Waals surface area (Å²) in [5.74, 6) is -0.748. The lowest BCUT2D eigenvalue weighted by Crippen LogP contribution is -2.22. The molecule has 0 aliphatic heterocycles. The average molecular weight is 440 g/mol. The van der Waals surface area contributed by atoms with Crippen molar-refractivity contribution in [2.75, 3.05) is 4.72 Å². The monoisotopic (exact) mass is 439 g/mol. The molecule has 0 fully saturated rings. The van der Waals surface area contributed by atoms with Gasteiger partial charge in [-0.05, 0) is 48.9 Å². The summed E-state index contributed by atoms with van der Waals surface area (Å²) in [4.78, 5) is 16.8. The minimum absolute atomic E-state index is 0.0343. The first-order chi connectivity index (χ1) is 13.2. The molecule has 146 valence electrons. The average Bonchev–Trinajstić information content (AvgIpc) is 3.01. The van der Waals surface area contributed by atoms with Crippen LogP contribution in [0.1, 0.15) is 20.9 Å². The first-order valence-corrected chi connectivity index (χ1v) is 10.7. The SMILES string of the molecule is Cc1nc(NS(=O)(=O)c2ccc(Cl)cc2)sc1C(=O)NCc1ccc(F)cc1. The van der Waals surface area contributed by atoms with E-state index in [1.165, 1.54) is 36.4 Å². The summed E-state index contributed by atoms with van der Waals surface area (Å²) in [6, 6.07) is 11.5. The molecule has 0 saturated heterocycles. The molecule has 1 amide bonds. The van der Waals surface area contributed by atoms with Gasteiger partial charge >= 0.3 is 0 Å². The summed E-state index contributed by atoms with van der Waals surface area (Å²) in [6.45, 7) is 1.83. The van der Waals surface area contributed by atoms with Gasteiger partial charge in [-0.2, -0.15) is 0 Å². The molecule has 0 bridgehead atoms. The van der Waals surface area contributed by atoms with Gasteiger partial charge in [-0.3, -0.25) is 9.52 Å². The van der Waals surface area contributed by atoms with Gasteiger partial charge in [-0.15, -0.1) is 0 Å². The van der Waals surface area contributed by atoms with Gasteiger partial charge < -0.3 is 5.32 Å². The second kappa shape index (κ2) is 8.26. The topological polar surface area (TPSA) is 88.2 Å². The maximum atomic E-state index is 12.9. The van der Waals surface area contributed by atoms with Gasteiger partial charge in [0.1, 0.15) is 10.7 Å². The van der Waals surface area contributed by atoms with Gasteiger partial charge in [0.25, 0.3) is 15.9 Å². The number of hydrogen-bond acceptors (Lipinski definition) is 5. The number of amides is 1. The Kier molecular flexibility index (Phi) is 5.97. The van der Waals surface area contributed by atoms with Crippen molar-refractivity contribution in [3.05, 3.63) is 75.5 Å². The van der Waals surface area contributed by atoms with Crippen molar-refractivity contribution >= 4 is 44.0 Å². The minimum Gasteiger partial charge on any atom is -0.347 e. The number of anilines is 1. The van der Waals surface area contributed by atoms with E-state index in [2.05, 4.69) is 15.0 Å². The van der Waals surface area contributed by atoms with Crippen molar-refractivity contribution in [2.24, 2.45) is 0 Å². The molecule has 0 saturated carbocycles. The van der Waals surface area contributed by atoms with Crippen molar-refractivity contribution in [2.45, 2.75) is 18.4 Å². The summed E-state index contributed by atoms with van der Waals surface area (Å²) in [5, 5.41) is 3.21. The van der Waals surface area contributed by atoms with Crippen LogP contribution in [0.3, 0.4) is 0 Å². The van der Waals surface area contributed by atoms with E-state index in [1.54, 1.807) is 19.1 Å². The standard InChI is InChI=1S/C18H15ClFN3O3S2/c1-11-16(17(24)21-10-12-2-6-14(20)7-3-12)27-18(22-11)23-28(25,26)15-8-4-13(19)5-9-15/h2-9H,10H2,1H3,(H,21,24)(H,22,23). The molecule has 0 unspecified atom stereocenters. The highest BCUT2D eigenvalue weighted by atomic mass is 35.5. The van der Waals surface area contributed by atoms with Crippen molar-refractivity contribution in [1.29, 1.82) is 0 Å². The molecule has 0 aliphatic carbocycles. The molecule has 2 aromatic carbocycles. The highest BCUT2D eigenvalue weighted by Crippen LogP contribution is 2.25. The second-order valence-corrected chi connectivity index (χ2v) is 8.92. The molecule has 0 radical (unpaired) electrons. The summed E-state index contributed by atoms with van der Waals surface area (Å²) < 4.78 is 40.1. The van der Waals surface area contributed by atoms with E-state index < -0.39 is 15.9 Å². The Balaban J connectivity index is 1.70. The summed E-state index contributed by atoms with van der Waals surface area (Å²) >= 11 is 6.70. The minimum atomic E-state index is -3.85. The number of rotatable bonds is 6. The van der Waals surface area contributed by atoms with Gasteiger partial charge in [0.2, 0.25) is 0 Å². The molecule has 0 aliphatic rings. The van der Waals surface area contributed by atoms with Gasteiger partial charge in [-0.25, -0.2) is 17.8 Å². The normalized spacial score (nSPS) is 11.2. The number of aromatic nitrogens is 1. The second-order valence-electron chi connectivity index (χ2n) is 5.80. The number of nitrogens with zero attached hydrogens (tertiary/aromatic N) is 1. The maximum Gasteiger partial charge on any atom is 0.263 e. The summed E-state index contributed by atoms with van der Waals surface area (Å²) in [5.41, 5.74) is 1.14. The number of sulfonamides is 1. The number of thiazole rings is 1. The summed E-state index contributed by atoms with van der Waals surface area (Å²) in [7, 11) is -3.85. The van der Waals surface area contributed by atoms with E-state index in [0.29, 0.717) is 10.7 Å². The maximum absolute atomic E-state index is 12.9. The van der Waals surface area contributed by atoms with Crippen LogP contribution in [-0.2, 0) is 16.6 Å². The largest absolute Gasteiger partial charge is 0.347 e. The predicted octanol–water partition coefficient (Wildman–Crippen LogP) is 3.97. The van der Waals surface area contributed by atoms with Gasteiger partial charge in [0.05, 0.1) is 10.6 Å². The number of carbonyl (C=O) groups excluding carboxylic acids is 1. The van der Waals surface area contributed by atoms with Crippen molar-refractivity contribution in [1.82, 2.24) is 10.3 Å². The fourth-order valence-corrected chi connectivity index (χ4v) is 4.55. The highest BCUT2D eigenvalue weighted by molar-refractivity contribution is 7.93. The third-order valence-corrected chi connectivity index (χ3v) is 6.52. The molecule has 10 heteroatoms. The first kappa shape index (κ1) is 20.2. The van der Waals surface area contributed by atoms with E-state index >= 15 is 0 Å². The first-order valence-electron chi connectivity index (χ1n) is 8.03. The van der Waals surface area contributed by atoms with Crippen LogP contribution in [0.2, 0.25) is 5.02 Å². The fraction of sp³-hybridized carbons (Fsp3) is 0.111. The van der Waals surface area contributed by atoms with Crippen molar-refractivity contribution in [3.8, 4) is 0 Å². The van der Waals surface area contributed by atoms with E-state index in [1.807, 2.05) is 0 Å². The third-order valence-electron chi connectivity index (χ3n) is 3.71. The molecular weight excluding hydrogens is 425 g/mol. The van der Waals surface area contributed by atoms with E-state index in [9.17, 15) is 17.6 Å². The van der Waals surface area contributed by atoms with E-state index in [4.69, 9.17) is 11.6 Å². The van der Waals surface area contributed by atoms with E-state index in [0.717, 1.165) is 16.9 Å². The van der Waals surface area contributed by atoms with Gasteiger partial charge in [0.15, 0.2) is 5.13 Å². The molecule has 6 nitrogen and oxygen atoms in total. The molecule has 3 aromatic rings. The lowest BCUT2D eigenvalue weighted by Gasteiger charge is -2.05. The van der Waals surface area contributed by atoms with E-state index in [-0.39, 0.29) is 27.3 Å². The Morgan fingerprint density at radius 2 is 1.79 bits per heavy atom. The molecule has 0 atom stereocenters. The molecule has 28 heavy (non-hydrogen) atoms. The third kappa shape index (κ3) is 4.86. The lowest BCUT2D eigenvalue weighted by atomic mass is 10.2. The van der Waals surface area contributed by atoms with Crippen LogP contribution in [0.25, 0.3) is 0 Å². The molecule has 2 N–H and O–H groups in total. The van der Waals surface area contributed by atoms with Crippen LogP contribution in [-0.4, -0.2) is 19.3 Å². The Morgan fingerprint density at radius 3 is 2.43 bits per heavy atom. The lowest BCUT2D eigenvalue weighted by molar-refractivity contribution is 0.0954. The summed E-state index contributed by atoms with van der Waals surface area (Å²) in [6.07, 6.45) is 0. The van der Waals surface area contributed by atoms with Crippen LogP contribution in [0.5, 0.6) is 0 Å².